The summed E-state index contributed by atoms with van der Waals surface area (Å²) in [5, 5.41) is 7.45. The molecule has 11 heavy (non-hydrogen) atoms. The lowest BCUT2D eigenvalue weighted by molar-refractivity contribution is -0.121. The van der Waals surface area contributed by atoms with Crippen LogP contribution in [0.15, 0.2) is 0 Å². The summed E-state index contributed by atoms with van der Waals surface area (Å²) in [6.45, 7) is 2.53. The van der Waals surface area contributed by atoms with Crippen LogP contribution in [0.1, 0.15) is 19.8 Å². The van der Waals surface area contributed by atoms with Gasteiger partial charge in [-0.1, -0.05) is 0 Å². The maximum atomic E-state index is 10.7. The van der Waals surface area contributed by atoms with Gasteiger partial charge >= 0.3 is 0 Å². The molecule has 3 N–H and O–H groups in total. The number of likely N-dealkylation sites (tertiary alicyclic amines) is 1. The number of hydrogen-bond acceptors (Lipinski definition) is 2. The van der Waals surface area contributed by atoms with Crippen LogP contribution in [-0.4, -0.2) is 29.2 Å². The normalized spacial score (nSPS) is 20.5. The van der Waals surface area contributed by atoms with E-state index in [1.165, 1.54) is 0 Å². The number of carbonyl (C=O) groups is 1. The molecule has 1 unspecified atom stereocenters. The summed E-state index contributed by atoms with van der Waals surface area (Å²) in [6, 6.07) is -0.315. The number of amidine groups is 1. The second-order valence-electron chi connectivity index (χ2n) is 2.82. The van der Waals surface area contributed by atoms with Crippen molar-refractivity contribution in [3.63, 3.8) is 0 Å². The van der Waals surface area contributed by atoms with Crippen molar-refractivity contribution in [1.82, 2.24) is 4.90 Å². The summed E-state index contributed by atoms with van der Waals surface area (Å²) in [6.07, 6.45) is 1.74. The average Bonchev–Trinajstić information content (AvgIpc) is 2.33. The van der Waals surface area contributed by atoms with Gasteiger partial charge in [-0.3, -0.25) is 10.2 Å². The average molecular weight is 155 g/mol. The minimum absolute atomic E-state index is 0.315. The molecule has 0 bridgehead atoms. The summed E-state index contributed by atoms with van der Waals surface area (Å²) >= 11 is 0. The van der Waals surface area contributed by atoms with Crippen molar-refractivity contribution in [2.75, 3.05) is 6.54 Å². The molecule has 1 fully saturated rings. The predicted molar refractivity (Wildman–Crippen MR) is 42.3 cm³/mol. The number of rotatable bonds is 2. The highest BCUT2D eigenvalue weighted by Crippen LogP contribution is 2.12. The first-order valence-corrected chi connectivity index (χ1v) is 3.76. The number of nitrogens with two attached hydrogens (primary N) is 1. The second-order valence-corrected chi connectivity index (χ2v) is 2.82. The van der Waals surface area contributed by atoms with Gasteiger partial charge < -0.3 is 10.6 Å². The third-order valence-electron chi connectivity index (χ3n) is 2.04. The molecule has 0 aliphatic carbocycles. The quantitative estimate of drug-likeness (QED) is 0.586. The minimum atomic E-state index is -0.350. The standard InChI is InChI=1S/C7H13N3O/c1-5(7(9)11)10-4-2-3-6(10)8/h5,8H,2-4H2,1H3,(H2,9,11). The van der Waals surface area contributed by atoms with Crippen molar-refractivity contribution in [3.8, 4) is 0 Å². The minimum Gasteiger partial charge on any atom is -0.368 e. The number of nitrogens with zero attached hydrogens (tertiary/aromatic N) is 1. The third kappa shape index (κ3) is 1.50. The van der Waals surface area contributed by atoms with Gasteiger partial charge in [0.05, 0.1) is 5.84 Å². The Morgan fingerprint density at radius 2 is 2.45 bits per heavy atom. The van der Waals surface area contributed by atoms with Gasteiger partial charge in [-0.05, 0) is 13.3 Å². The molecule has 0 radical (unpaired) electrons. The first-order chi connectivity index (χ1) is 5.13. The van der Waals surface area contributed by atoms with Gasteiger partial charge in [0, 0.05) is 13.0 Å². The fourth-order valence-corrected chi connectivity index (χ4v) is 1.28. The molecule has 1 aliphatic heterocycles. The lowest BCUT2D eigenvalue weighted by Crippen LogP contribution is -2.42. The zero-order valence-electron chi connectivity index (χ0n) is 6.63. The molecule has 62 valence electrons. The molecule has 0 spiro atoms. The van der Waals surface area contributed by atoms with Crippen LogP contribution >= 0.6 is 0 Å². The molecule has 1 heterocycles. The number of hydrogen-bond donors (Lipinski definition) is 2. The lowest BCUT2D eigenvalue weighted by Gasteiger charge is -2.22. The Kier molecular flexibility index (Phi) is 2.12. The molecule has 1 saturated heterocycles. The van der Waals surface area contributed by atoms with Crippen LogP contribution in [0, 0.1) is 5.41 Å². The summed E-state index contributed by atoms with van der Waals surface area (Å²) < 4.78 is 0. The van der Waals surface area contributed by atoms with Gasteiger partial charge in [0.2, 0.25) is 5.91 Å². The third-order valence-corrected chi connectivity index (χ3v) is 2.04. The van der Waals surface area contributed by atoms with Crippen LogP contribution in [0.3, 0.4) is 0 Å². The van der Waals surface area contributed by atoms with Gasteiger partial charge in [0.1, 0.15) is 6.04 Å². The molecule has 1 rings (SSSR count). The fourth-order valence-electron chi connectivity index (χ4n) is 1.28. The van der Waals surface area contributed by atoms with E-state index in [4.69, 9.17) is 11.1 Å². The van der Waals surface area contributed by atoms with Crippen LogP contribution in [0.2, 0.25) is 0 Å². The Labute approximate surface area is 65.9 Å². The van der Waals surface area contributed by atoms with Crippen LogP contribution in [0.25, 0.3) is 0 Å². The van der Waals surface area contributed by atoms with Crippen LogP contribution in [-0.2, 0) is 4.79 Å². The monoisotopic (exact) mass is 155 g/mol. The molecule has 4 heteroatoms. The van der Waals surface area contributed by atoms with E-state index >= 15 is 0 Å². The van der Waals surface area contributed by atoms with Crippen LogP contribution in [0.4, 0.5) is 0 Å². The molecular weight excluding hydrogens is 142 g/mol. The van der Waals surface area contributed by atoms with Gasteiger partial charge in [0.25, 0.3) is 0 Å². The molecule has 0 aromatic heterocycles. The topological polar surface area (TPSA) is 70.2 Å². The molecule has 0 aromatic carbocycles. The molecular formula is C7H13N3O. The Bertz CT molecular complexity index is 190. The van der Waals surface area contributed by atoms with E-state index in [0.29, 0.717) is 5.84 Å². The summed E-state index contributed by atoms with van der Waals surface area (Å²) in [7, 11) is 0. The molecule has 1 amide bonds. The van der Waals surface area contributed by atoms with Crippen molar-refractivity contribution in [2.24, 2.45) is 5.73 Å². The zero-order valence-corrected chi connectivity index (χ0v) is 6.63. The summed E-state index contributed by atoms with van der Waals surface area (Å²) in [5.74, 6) is 0.188. The maximum absolute atomic E-state index is 10.7. The van der Waals surface area contributed by atoms with E-state index in [9.17, 15) is 4.79 Å². The first kappa shape index (κ1) is 8.04. The summed E-state index contributed by atoms with van der Waals surface area (Å²) in [4.78, 5) is 12.5. The van der Waals surface area contributed by atoms with E-state index in [1.54, 1.807) is 11.8 Å². The Balaban J connectivity index is 2.59. The number of carbonyl (C=O) groups excluding carboxylic acids is 1. The van der Waals surface area contributed by atoms with Crippen LogP contribution in [0.5, 0.6) is 0 Å². The fraction of sp³-hybridized carbons (Fsp3) is 0.714. The molecule has 0 saturated carbocycles. The second kappa shape index (κ2) is 2.90. The smallest absolute Gasteiger partial charge is 0.239 e. The van der Waals surface area contributed by atoms with E-state index < -0.39 is 0 Å². The highest BCUT2D eigenvalue weighted by atomic mass is 16.1. The van der Waals surface area contributed by atoms with Gasteiger partial charge in [-0.2, -0.15) is 0 Å². The summed E-state index contributed by atoms with van der Waals surface area (Å²) in [5.41, 5.74) is 5.10. The van der Waals surface area contributed by atoms with Gasteiger partial charge in [-0.25, -0.2) is 0 Å². The van der Waals surface area contributed by atoms with E-state index in [1.807, 2.05) is 0 Å². The molecule has 4 nitrogen and oxygen atoms in total. The van der Waals surface area contributed by atoms with Crippen molar-refractivity contribution in [2.45, 2.75) is 25.8 Å². The largest absolute Gasteiger partial charge is 0.368 e. The number of nitrogens with one attached hydrogen (secondary N) is 1. The Hall–Kier alpha value is -1.06. The van der Waals surface area contributed by atoms with E-state index in [-0.39, 0.29) is 11.9 Å². The van der Waals surface area contributed by atoms with E-state index in [0.717, 1.165) is 19.4 Å². The Morgan fingerprint density at radius 1 is 1.82 bits per heavy atom. The van der Waals surface area contributed by atoms with Crippen molar-refractivity contribution >= 4 is 11.7 Å². The van der Waals surface area contributed by atoms with Crippen molar-refractivity contribution < 1.29 is 4.79 Å². The van der Waals surface area contributed by atoms with Crippen molar-refractivity contribution in [1.29, 1.82) is 5.41 Å². The number of primary amides is 1. The highest BCUT2D eigenvalue weighted by Gasteiger charge is 2.24. The first-order valence-electron chi connectivity index (χ1n) is 3.76. The van der Waals surface area contributed by atoms with Crippen LogP contribution < -0.4 is 5.73 Å². The number of amides is 1. The van der Waals surface area contributed by atoms with Gasteiger partial charge in [0.15, 0.2) is 0 Å². The van der Waals surface area contributed by atoms with Crippen molar-refractivity contribution in [3.05, 3.63) is 0 Å². The maximum Gasteiger partial charge on any atom is 0.239 e. The molecule has 1 aliphatic rings. The van der Waals surface area contributed by atoms with Gasteiger partial charge in [-0.15, -0.1) is 0 Å². The SMILES string of the molecule is CC(C(N)=O)N1CCCC1=N. The van der Waals surface area contributed by atoms with E-state index in [2.05, 4.69) is 0 Å². The zero-order chi connectivity index (χ0) is 8.43. The molecule has 1 atom stereocenters. The Morgan fingerprint density at radius 3 is 2.82 bits per heavy atom. The predicted octanol–water partition coefficient (Wildman–Crippen LogP) is -0.0667. The lowest BCUT2D eigenvalue weighted by atomic mass is 10.3. The molecule has 0 aromatic rings. The highest BCUT2D eigenvalue weighted by molar-refractivity contribution is 5.88.